The van der Waals surface area contributed by atoms with Crippen LogP contribution < -0.4 is 10.6 Å². The quantitative estimate of drug-likeness (QED) is 0.753. The highest BCUT2D eigenvalue weighted by Gasteiger charge is 2.19. The zero-order valence-electron chi connectivity index (χ0n) is 10.7. The van der Waals surface area contributed by atoms with Crippen LogP contribution in [0.15, 0.2) is 0 Å². The SMILES string of the molecule is CC(CNC1CCCNCC1)N1CCCC1. The van der Waals surface area contributed by atoms with Crippen molar-refractivity contribution < 1.29 is 0 Å². The minimum absolute atomic E-state index is 0.721. The molecule has 94 valence electrons. The maximum Gasteiger partial charge on any atom is 0.0192 e. The van der Waals surface area contributed by atoms with Crippen LogP contribution in [-0.4, -0.2) is 49.7 Å². The Morgan fingerprint density at radius 2 is 2.00 bits per heavy atom. The summed E-state index contributed by atoms with van der Waals surface area (Å²) in [5, 5.41) is 7.23. The van der Waals surface area contributed by atoms with Crippen LogP contribution in [0.25, 0.3) is 0 Å². The first-order valence-corrected chi connectivity index (χ1v) is 7.04. The maximum absolute atomic E-state index is 3.76. The summed E-state index contributed by atoms with van der Waals surface area (Å²) in [5.74, 6) is 0. The van der Waals surface area contributed by atoms with Crippen LogP contribution in [0.5, 0.6) is 0 Å². The van der Waals surface area contributed by atoms with Crippen molar-refractivity contribution in [2.24, 2.45) is 0 Å². The molecule has 0 radical (unpaired) electrons. The van der Waals surface area contributed by atoms with Gasteiger partial charge in [0.25, 0.3) is 0 Å². The number of hydrogen-bond acceptors (Lipinski definition) is 3. The lowest BCUT2D eigenvalue weighted by Crippen LogP contribution is -2.42. The Morgan fingerprint density at radius 3 is 2.81 bits per heavy atom. The Bertz CT molecular complexity index is 180. The topological polar surface area (TPSA) is 27.3 Å². The number of nitrogens with zero attached hydrogens (tertiary/aromatic N) is 1. The summed E-state index contributed by atoms with van der Waals surface area (Å²) in [5.41, 5.74) is 0. The lowest BCUT2D eigenvalue weighted by atomic mass is 10.1. The zero-order chi connectivity index (χ0) is 11.2. The van der Waals surface area contributed by atoms with E-state index in [1.807, 2.05) is 0 Å². The van der Waals surface area contributed by atoms with Crippen molar-refractivity contribution >= 4 is 0 Å². The monoisotopic (exact) mass is 225 g/mol. The lowest BCUT2D eigenvalue weighted by Gasteiger charge is -2.26. The Hall–Kier alpha value is -0.120. The van der Waals surface area contributed by atoms with Crippen LogP contribution in [0, 0.1) is 0 Å². The van der Waals surface area contributed by atoms with E-state index in [4.69, 9.17) is 0 Å². The van der Waals surface area contributed by atoms with E-state index in [1.54, 1.807) is 0 Å². The van der Waals surface area contributed by atoms with Crippen molar-refractivity contribution in [3.05, 3.63) is 0 Å². The molecule has 0 saturated carbocycles. The van der Waals surface area contributed by atoms with Crippen LogP contribution >= 0.6 is 0 Å². The highest BCUT2D eigenvalue weighted by atomic mass is 15.2. The fraction of sp³-hybridized carbons (Fsp3) is 1.00. The third kappa shape index (κ3) is 3.72. The van der Waals surface area contributed by atoms with E-state index in [9.17, 15) is 0 Å². The second-order valence-electron chi connectivity index (χ2n) is 5.38. The smallest absolute Gasteiger partial charge is 0.0192 e. The molecule has 2 saturated heterocycles. The molecule has 0 amide bonds. The molecular weight excluding hydrogens is 198 g/mol. The minimum Gasteiger partial charge on any atom is -0.317 e. The molecule has 2 rings (SSSR count). The Morgan fingerprint density at radius 1 is 1.19 bits per heavy atom. The summed E-state index contributed by atoms with van der Waals surface area (Å²) >= 11 is 0. The van der Waals surface area contributed by atoms with E-state index in [-0.39, 0.29) is 0 Å². The Labute approximate surface area is 100.0 Å². The summed E-state index contributed by atoms with van der Waals surface area (Å²) < 4.78 is 0. The molecule has 2 N–H and O–H groups in total. The summed E-state index contributed by atoms with van der Waals surface area (Å²) in [6, 6.07) is 1.47. The third-order valence-corrected chi connectivity index (χ3v) is 4.04. The van der Waals surface area contributed by atoms with Gasteiger partial charge in [-0.3, -0.25) is 4.90 Å². The normalized spacial score (nSPS) is 30.2. The first kappa shape index (κ1) is 12.3. The highest BCUT2D eigenvalue weighted by Crippen LogP contribution is 2.11. The van der Waals surface area contributed by atoms with E-state index in [0.717, 1.165) is 12.1 Å². The number of rotatable bonds is 4. The molecule has 0 aromatic rings. The van der Waals surface area contributed by atoms with Gasteiger partial charge < -0.3 is 10.6 Å². The molecule has 2 atom stereocenters. The largest absolute Gasteiger partial charge is 0.317 e. The number of nitrogens with one attached hydrogen (secondary N) is 2. The van der Waals surface area contributed by atoms with E-state index in [0.29, 0.717) is 0 Å². The van der Waals surface area contributed by atoms with Gasteiger partial charge in [0.05, 0.1) is 0 Å². The Kier molecular flexibility index (Phi) is 5.07. The molecule has 2 aliphatic rings. The molecular formula is C13H27N3. The van der Waals surface area contributed by atoms with Gasteiger partial charge in [0.2, 0.25) is 0 Å². The highest BCUT2D eigenvalue weighted by molar-refractivity contribution is 4.78. The second kappa shape index (κ2) is 6.58. The summed E-state index contributed by atoms with van der Waals surface area (Å²) in [6.45, 7) is 8.57. The maximum atomic E-state index is 3.76. The van der Waals surface area contributed by atoms with Gasteiger partial charge >= 0.3 is 0 Å². The summed E-state index contributed by atoms with van der Waals surface area (Å²) in [6.07, 6.45) is 6.78. The molecule has 3 nitrogen and oxygen atoms in total. The van der Waals surface area contributed by atoms with Crippen molar-refractivity contribution in [1.82, 2.24) is 15.5 Å². The van der Waals surface area contributed by atoms with Crippen molar-refractivity contribution in [3.63, 3.8) is 0 Å². The van der Waals surface area contributed by atoms with Crippen LogP contribution in [0.4, 0.5) is 0 Å². The molecule has 0 bridgehead atoms. The molecule has 2 heterocycles. The second-order valence-corrected chi connectivity index (χ2v) is 5.38. The van der Waals surface area contributed by atoms with Crippen LogP contribution in [0.2, 0.25) is 0 Å². The van der Waals surface area contributed by atoms with E-state index >= 15 is 0 Å². The van der Waals surface area contributed by atoms with Crippen molar-refractivity contribution in [2.45, 2.75) is 51.1 Å². The molecule has 0 aromatic heterocycles. The third-order valence-electron chi connectivity index (χ3n) is 4.04. The van der Waals surface area contributed by atoms with E-state index in [2.05, 4.69) is 22.5 Å². The first-order valence-electron chi connectivity index (χ1n) is 7.04. The van der Waals surface area contributed by atoms with Gasteiger partial charge in [-0.05, 0) is 65.2 Å². The lowest BCUT2D eigenvalue weighted by molar-refractivity contribution is 0.243. The molecule has 2 aliphatic heterocycles. The first-order chi connectivity index (χ1) is 7.86. The fourth-order valence-electron chi connectivity index (χ4n) is 2.87. The predicted octanol–water partition coefficient (Wildman–Crippen LogP) is 1.20. The molecule has 16 heavy (non-hydrogen) atoms. The van der Waals surface area contributed by atoms with Crippen molar-refractivity contribution in [2.75, 3.05) is 32.7 Å². The van der Waals surface area contributed by atoms with Gasteiger partial charge in [0.1, 0.15) is 0 Å². The van der Waals surface area contributed by atoms with Gasteiger partial charge in [0, 0.05) is 18.6 Å². The molecule has 2 fully saturated rings. The predicted molar refractivity (Wildman–Crippen MR) is 68.8 cm³/mol. The standard InChI is InChI=1S/C13H27N3/c1-12(16-9-2-3-10-16)11-15-13-5-4-7-14-8-6-13/h12-15H,2-11H2,1H3. The summed E-state index contributed by atoms with van der Waals surface area (Å²) in [7, 11) is 0. The zero-order valence-corrected chi connectivity index (χ0v) is 10.7. The van der Waals surface area contributed by atoms with E-state index in [1.165, 1.54) is 64.8 Å². The average Bonchev–Trinajstić information content (AvgIpc) is 2.71. The van der Waals surface area contributed by atoms with Gasteiger partial charge in [-0.25, -0.2) is 0 Å². The average molecular weight is 225 g/mol. The molecule has 0 aliphatic carbocycles. The number of hydrogen-bond donors (Lipinski definition) is 2. The Balaban J connectivity index is 1.64. The van der Waals surface area contributed by atoms with Crippen LogP contribution in [0.3, 0.4) is 0 Å². The van der Waals surface area contributed by atoms with Gasteiger partial charge in [-0.15, -0.1) is 0 Å². The van der Waals surface area contributed by atoms with E-state index < -0.39 is 0 Å². The molecule has 0 aromatic carbocycles. The molecule has 3 heteroatoms. The molecule has 2 unspecified atom stereocenters. The van der Waals surface area contributed by atoms with Gasteiger partial charge in [-0.2, -0.15) is 0 Å². The number of likely N-dealkylation sites (tertiary alicyclic amines) is 1. The fourth-order valence-corrected chi connectivity index (χ4v) is 2.87. The van der Waals surface area contributed by atoms with Crippen molar-refractivity contribution in [3.8, 4) is 0 Å². The van der Waals surface area contributed by atoms with Crippen LogP contribution in [-0.2, 0) is 0 Å². The summed E-state index contributed by atoms with van der Waals surface area (Å²) in [4.78, 5) is 2.63. The van der Waals surface area contributed by atoms with Gasteiger partial charge in [0.15, 0.2) is 0 Å². The minimum atomic E-state index is 0.721. The van der Waals surface area contributed by atoms with Crippen LogP contribution in [0.1, 0.15) is 39.0 Å². The van der Waals surface area contributed by atoms with Gasteiger partial charge in [-0.1, -0.05) is 0 Å². The van der Waals surface area contributed by atoms with Crippen molar-refractivity contribution in [1.29, 1.82) is 0 Å². The molecule has 0 spiro atoms.